The molecule has 26 heavy (non-hydrogen) atoms. The summed E-state index contributed by atoms with van der Waals surface area (Å²) in [6.45, 7) is 3.89. The van der Waals surface area contributed by atoms with Crippen LogP contribution in [-0.4, -0.2) is 20.4 Å². The number of carbonyl (C=O) groups excluding carboxylic acids is 1. The van der Waals surface area contributed by atoms with E-state index in [1.165, 1.54) is 0 Å². The van der Waals surface area contributed by atoms with Gasteiger partial charge < -0.3 is 9.88 Å². The minimum absolute atomic E-state index is 0.159. The lowest BCUT2D eigenvalue weighted by atomic mass is 10.1. The number of hydrogen-bond donors (Lipinski definition) is 1. The standard InChI is InChI=1S/C21H18N4O/c1-14-3-8-20-16(11-14)12-19(15(2)23-20)21(26)24-17-4-6-18(7-5-17)25-10-9-22-13-25/h3-13H,1-2H3,(H,24,26). The van der Waals surface area contributed by atoms with E-state index in [4.69, 9.17) is 0 Å². The third-order valence-corrected chi connectivity index (χ3v) is 4.33. The fourth-order valence-electron chi connectivity index (χ4n) is 2.95. The Balaban J connectivity index is 1.60. The van der Waals surface area contributed by atoms with Gasteiger partial charge in [-0.05, 0) is 56.3 Å². The van der Waals surface area contributed by atoms with Crippen molar-refractivity contribution in [1.29, 1.82) is 0 Å². The summed E-state index contributed by atoms with van der Waals surface area (Å²) in [4.78, 5) is 21.3. The highest BCUT2D eigenvalue weighted by atomic mass is 16.1. The first-order valence-corrected chi connectivity index (χ1v) is 8.38. The van der Waals surface area contributed by atoms with Crippen molar-refractivity contribution in [2.75, 3.05) is 5.32 Å². The van der Waals surface area contributed by atoms with Crippen LogP contribution in [0.4, 0.5) is 5.69 Å². The van der Waals surface area contributed by atoms with Gasteiger partial charge in [0, 0.05) is 29.2 Å². The molecule has 0 fully saturated rings. The van der Waals surface area contributed by atoms with Gasteiger partial charge in [-0.3, -0.25) is 9.78 Å². The Morgan fingerprint density at radius 3 is 2.58 bits per heavy atom. The van der Waals surface area contributed by atoms with E-state index < -0.39 is 0 Å². The molecule has 0 unspecified atom stereocenters. The molecule has 1 N–H and O–H groups in total. The van der Waals surface area contributed by atoms with Crippen molar-refractivity contribution in [3.8, 4) is 5.69 Å². The van der Waals surface area contributed by atoms with E-state index in [0.717, 1.165) is 27.8 Å². The Labute approximate surface area is 151 Å². The highest BCUT2D eigenvalue weighted by Crippen LogP contribution is 2.20. The average Bonchev–Trinajstić information content (AvgIpc) is 3.17. The Morgan fingerprint density at radius 1 is 1.04 bits per heavy atom. The Morgan fingerprint density at radius 2 is 1.85 bits per heavy atom. The molecule has 0 saturated heterocycles. The minimum Gasteiger partial charge on any atom is -0.322 e. The smallest absolute Gasteiger partial charge is 0.257 e. The van der Waals surface area contributed by atoms with Crippen molar-refractivity contribution in [1.82, 2.24) is 14.5 Å². The summed E-state index contributed by atoms with van der Waals surface area (Å²) >= 11 is 0. The van der Waals surface area contributed by atoms with Crippen LogP contribution in [0.2, 0.25) is 0 Å². The zero-order valence-corrected chi connectivity index (χ0v) is 14.6. The molecule has 4 aromatic rings. The van der Waals surface area contributed by atoms with Crippen LogP contribution in [0, 0.1) is 13.8 Å². The SMILES string of the molecule is Cc1ccc2nc(C)c(C(=O)Nc3ccc(-n4ccnc4)cc3)cc2c1. The molecule has 0 atom stereocenters. The monoisotopic (exact) mass is 342 g/mol. The topological polar surface area (TPSA) is 59.8 Å². The number of rotatable bonds is 3. The number of benzene rings is 2. The van der Waals surface area contributed by atoms with Gasteiger partial charge >= 0.3 is 0 Å². The molecule has 0 radical (unpaired) electrons. The van der Waals surface area contributed by atoms with Gasteiger partial charge in [-0.25, -0.2) is 4.98 Å². The van der Waals surface area contributed by atoms with Gasteiger partial charge in [0.25, 0.3) is 5.91 Å². The third-order valence-electron chi connectivity index (χ3n) is 4.33. The molecule has 0 spiro atoms. The molecule has 0 saturated carbocycles. The number of imidazole rings is 1. The number of anilines is 1. The van der Waals surface area contributed by atoms with Crippen molar-refractivity contribution in [2.45, 2.75) is 13.8 Å². The Kier molecular flexibility index (Phi) is 3.97. The van der Waals surface area contributed by atoms with Gasteiger partial charge in [-0.2, -0.15) is 0 Å². The lowest BCUT2D eigenvalue weighted by Gasteiger charge is -2.10. The highest BCUT2D eigenvalue weighted by Gasteiger charge is 2.12. The summed E-state index contributed by atoms with van der Waals surface area (Å²) in [5.41, 5.74) is 5.07. The lowest BCUT2D eigenvalue weighted by Crippen LogP contribution is -2.14. The maximum Gasteiger partial charge on any atom is 0.257 e. The van der Waals surface area contributed by atoms with E-state index in [0.29, 0.717) is 11.3 Å². The highest BCUT2D eigenvalue weighted by molar-refractivity contribution is 6.06. The second-order valence-corrected chi connectivity index (χ2v) is 6.29. The average molecular weight is 342 g/mol. The molecule has 5 nitrogen and oxygen atoms in total. The van der Waals surface area contributed by atoms with Crippen LogP contribution in [0.15, 0.2) is 67.3 Å². The molecule has 2 aromatic carbocycles. The molecule has 0 aliphatic heterocycles. The summed E-state index contributed by atoms with van der Waals surface area (Å²) < 4.78 is 1.91. The zero-order chi connectivity index (χ0) is 18.1. The third kappa shape index (κ3) is 3.07. The molecule has 0 aliphatic rings. The van der Waals surface area contributed by atoms with E-state index >= 15 is 0 Å². The molecule has 0 bridgehead atoms. The van der Waals surface area contributed by atoms with Crippen molar-refractivity contribution in [3.05, 3.63) is 84.1 Å². The number of aromatic nitrogens is 3. The zero-order valence-electron chi connectivity index (χ0n) is 14.6. The maximum atomic E-state index is 12.7. The van der Waals surface area contributed by atoms with Crippen LogP contribution >= 0.6 is 0 Å². The van der Waals surface area contributed by atoms with Crippen LogP contribution in [0.25, 0.3) is 16.6 Å². The Hall–Kier alpha value is -3.47. The van der Waals surface area contributed by atoms with E-state index in [9.17, 15) is 4.79 Å². The summed E-state index contributed by atoms with van der Waals surface area (Å²) in [7, 11) is 0. The van der Waals surface area contributed by atoms with Crippen molar-refractivity contribution in [3.63, 3.8) is 0 Å². The molecule has 0 aliphatic carbocycles. The van der Waals surface area contributed by atoms with Crippen LogP contribution in [-0.2, 0) is 0 Å². The van der Waals surface area contributed by atoms with Gasteiger partial charge in [0.2, 0.25) is 0 Å². The largest absolute Gasteiger partial charge is 0.322 e. The van der Waals surface area contributed by atoms with Crippen molar-refractivity contribution >= 4 is 22.5 Å². The molecule has 2 aromatic heterocycles. The van der Waals surface area contributed by atoms with E-state index in [-0.39, 0.29) is 5.91 Å². The van der Waals surface area contributed by atoms with Gasteiger partial charge in [0.1, 0.15) is 0 Å². The van der Waals surface area contributed by atoms with Crippen molar-refractivity contribution in [2.24, 2.45) is 0 Å². The van der Waals surface area contributed by atoms with Crippen LogP contribution < -0.4 is 5.32 Å². The van der Waals surface area contributed by atoms with E-state index in [1.807, 2.05) is 73.1 Å². The summed E-state index contributed by atoms with van der Waals surface area (Å²) in [5, 5.41) is 3.92. The quantitative estimate of drug-likeness (QED) is 0.604. The fourth-order valence-corrected chi connectivity index (χ4v) is 2.95. The van der Waals surface area contributed by atoms with Gasteiger partial charge in [0.15, 0.2) is 0 Å². The molecular weight excluding hydrogens is 324 g/mol. The summed E-state index contributed by atoms with van der Waals surface area (Å²) in [6.07, 6.45) is 5.34. The Bertz CT molecular complexity index is 1080. The first kappa shape index (κ1) is 16.0. The summed E-state index contributed by atoms with van der Waals surface area (Å²) in [5.74, 6) is -0.159. The predicted octanol–water partition coefficient (Wildman–Crippen LogP) is 4.29. The van der Waals surface area contributed by atoms with Gasteiger partial charge in [0.05, 0.1) is 23.1 Å². The number of nitrogens with one attached hydrogen (secondary N) is 1. The maximum absolute atomic E-state index is 12.7. The summed E-state index contributed by atoms with van der Waals surface area (Å²) in [6, 6.07) is 15.6. The lowest BCUT2D eigenvalue weighted by molar-refractivity contribution is 0.102. The first-order valence-electron chi connectivity index (χ1n) is 8.38. The molecule has 4 rings (SSSR count). The number of fused-ring (bicyclic) bond motifs is 1. The van der Waals surface area contributed by atoms with Crippen LogP contribution in [0.5, 0.6) is 0 Å². The predicted molar refractivity (Wildman–Crippen MR) is 103 cm³/mol. The van der Waals surface area contributed by atoms with E-state index in [2.05, 4.69) is 15.3 Å². The normalized spacial score (nSPS) is 10.8. The fraction of sp³-hybridized carbons (Fsp3) is 0.0952. The number of pyridine rings is 1. The second-order valence-electron chi connectivity index (χ2n) is 6.29. The van der Waals surface area contributed by atoms with Gasteiger partial charge in [-0.1, -0.05) is 11.6 Å². The second kappa shape index (κ2) is 6.44. The number of aryl methyl sites for hydroxylation is 2. The molecular formula is C21H18N4O. The molecule has 128 valence electrons. The van der Waals surface area contributed by atoms with Crippen molar-refractivity contribution < 1.29 is 4.79 Å². The van der Waals surface area contributed by atoms with Crippen LogP contribution in [0.3, 0.4) is 0 Å². The first-order chi connectivity index (χ1) is 12.6. The van der Waals surface area contributed by atoms with E-state index in [1.54, 1.807) is 12.5 Å². The number of nitrogens with zero attached hydrogens (tertiary/aromatic N) is 3. The minimum atomic E-state index is -0.159. The van der Waals surface area contributed by atoms with Gasteiger partial charge in [-0.15, -0.1) is 0 Å². The number of carbonyl (C=O) groups is 1. The number of hydrogen-bond acceptors (Lipinski definition) is 3. The number of amides is 1. The molecule has 5 heteroatoms. The van der Waals surface area contributed by atoms with Crippen LogP contribution in [0.1, 0.15) is 21.6 Å². The molecule has 2 heterocycles. The molecule has 1 amide bonds.